The van der Waals surface area contributed by atoms with Crippen molar-refractivity contribution in [3.05, 3.63) is 86.6 Å². The van der Waals surface area contributed by atoms with Crippen LogP contribution in [0.3, 0.4) is 0 Å². The van der Waals surface area contributed by atoms with Crippen molar-refractivity contribution in [3.63, 3.8) is 0 Å². The van der Waals surface area contributed by atoms with E-state index in [0.29, 0.717) is 15.2 Å². The maximum absolute atomic E-state index is 15.0. The number of carbonyl (C=O) groups is 1. The normalized spacial score (nSPS) is 10.3. The third-order valence-electron chi connectivity index (χ3n) is 4.12. The number of carbonyl (C=O) groups excluding carboxylic acids is 1. The Morgan fingerprint density at radius 2 is 2.00 bits per heavy atom. The number of amides is 1. The molecule has 7 heteroatoms. The Hall–Kier alpha value is -2.88. The molecule has 1 amide bonds. The summed E-state index contributed by atoms with van der Waals surface area (Å²) in [7, 11) is 0. The predicted octanol–water partition coefficient (Wildman–Crippen LogP) is 6.40. The van der Waals surface area contributed by atoms with Gasteiger partial charge in [-0.2, -0.15) is 5.26 Å². The summed E-state index contributed by atoms with van der Waals surface area (Å²) in [6, 6.07) is 16.8. The van der Waals surface area contributed by atoms with Crippen molar-refractivity contribution >= 4 is 39.1 Å². The smallest absolute Gasteiger partial charge is 0.228 e. The number of hydrogen-bond acceptors (Lipinski definition) is 3. The fourth-order valence-electron chi connectivity index (χ4n) is 2.69. The van der Waals surface area contributed by atoms with Gasteiger partial charge >= 0.3 is 0 Å². The van der Waals surface area contributed by atoms with Gasteiger partial charge in [-0.15, -0.1) is 0 Å². The molecule has 0 aliphatic rings. The van der Waals surface area contributed by atoms with Crippen molar-refractivity contribution in [2.24, 2.45) is 0 Å². The minimum Gasteiger partial charge on any atom is -0.453 e. The number of para-hydroxylation sites is 1. The van der Waals surface area contributed by atoms with E-state index in [0.717, 1.165) is 5.56 Å². The standard InChI is InChI=1S/C22H15BrClFN2O2/c1-13-4-2-3-5-19(13)27-20(28)10-15-6-7-18(23)22(21(15)25)29-17-9-14(12-26)8-16(24)11-17/h2-9,11H,10H2,1H3,(H,27,28). The highest BCUT2D eigenvalue weighted by atomic mass is 79.9. The van der Waals surface area contributed by atoms with Gasteiger partial charge in [0.2, 0.25) is 5.91 Å². The molecular formula is C22H15BrClFN2O2. The number of nitrogens with one attached hydrogen (secondary N) is 1. The minimum absolute atomic E-state index is 0.0858. The summed E-state index contributed by atoms with van der Waals surface area (Å²) in [5, 5.41) is 12.1. The van der Waals surface area contributed by atoms with Crippen molar-refractivity contribution in [1.29, 1.82) is 5.26 Å². The number of halogens is 3. The second kappa shape index (κ2) is 9.08. The van der Waals surface area contributed by atoms with Crippen LogP contribution < -0.4 is 10.1 Å². The summed E-state index contributed by atoms with van der Waals surface area (Å²) in [6.45, 7) is 1.88. The van der Waals surface area contributed by atoms with Crippen LogP contribution in [0.15, 0.2) is 59.1 Å². The van der Waals surface area contributed by atoms with Crippen LogP contribution in [0.4, 0.5) is 10.1 Å². The lowest BCUT2D eigenvalue weighted by Gasteiger charge is -2.13. The summed E-state index contributed by atoms with van der Waals surface area (Å²) in [5.74, 6) is -0.883. The number of aryl methyl sites for hydroxylation is 1. The first-order valence-corrected chi connectivity index (χ1v) is 9.75. The van der Waals surface area contributed by atoms with E-state index in [-0.39, 0.29) is 35.0 Å². The Kier molecular flexibility index (Phi) is 6.53. The Morgan fingerprint density at radius 3 is 2.72 bits per heavy atom. The SMILES string of the molecule is Cc1ccccc1NC(=O)Cc1ccc(Br)c(Oc2cc(Cl)cc(C#N)c2)c1F. The zero-order valence-electron chi connectivity index (χ0n) is 15.3. The fraction of sp³-hybridized carbons (Fsp3) is 0.0909. The number of hydrogen-bond donors (Lipinski definition) is 1. The van der Waals surface area contributed by atoms with Gasteiger partial charge in [0.25, 0.3) is 0 Å². The monoisotopic (exact) mass is 472 g/mol. The van der Waals surface area contributed by atoms with Crippen LogP contribution in [-0.4, -0.2) is 5.91 Å². The van der Waals surface area contributed by atoms with Crippen LogP contribution in [0, 0.1) is 24.1 Å². The van der Waals surface area contributed by atoms with E-state index < -0.39 is 5.82 Å². The topological polar surface area (TPSA) is 62.1 Å². The summed E-state index contributed by atoms with van der Waals surface area (Å²) < 4.78 is 21.1. The molecule has 0 aromatic heterocycles. The van der Waals surface area contributed by atoms with Crippen molar-refractivity contribution in [3.8, 4) is 17.6 Å². The highest BCUT2D eigenvalue weighted by Gasteiger charge is 2.18. The van der Waals surface area contributed by atoms with Gasteiger partial charge in [0.15, 0.2) is 11.6 Å². The van der Waals surface area contributed by atoms with Crippen LogP contribution in [-0.2, 0) is 11.2 Å². The van der Waals surface area contributed by atoms with Gasteiger partial charge < -0.3 is 10.1 Å². The summed E-state index contributed by atoms with van der Waals surface area (Å²) in [6.07, 6.45) is -0.164. The third kappa shape index (κ3) is 5.14. The number of anilines is 1. The Labute approximate surface area is 181 Å². The van der Waals surface area contributed by atoms with Crippen LogP contribution in [0.25, 0.3) is 0 Å². The van der Waals surface area contributed by atoms with Crippen LogP contribution >= 0.6 is 27.5 Å². The number of ether oxygens (including phenoxy) is 1. The number of nitrogens with zero attached hydrogens (tertiary/aromatic N) is 1. The minimum atomic E-state index is -0.669. The Morgan fingerprint density at radius 1 is 1.24 bits per heavy atom. The van der Waals surface area contributed by atoms with Gasteiger partial charge in [-0.1, -0.05) is 35.9 Å². The van der Waals surface area contributed by atoms with Gasteiger partial charge in [0.05, 0.1) is 22.5 Å². The van der Waals surface area contributed by atoms with Crippen LogP contribution in [0.1, 0.15) is 16.7 Å². The maximum atomic E-state index is 15.0. The molecule has 0 bridgehead atoms. The van der Waals surface area contributed by atoms with Crippen LogP contribution in [0.2, 0.25) is 5.02 Å². The molecule has 29 heavy (non-hydrogen) atoms. The molecule has 0 fully saturated rings. The van der Waals surface area contributed by atoms with Crippen LogP contribution in [0.5, 0.6) is 11.5 Å². The first kappa shape index (κ1) is 20.8. The number of nitriles is 1. The lowest BCUT2D eigenvalue weighted by Crippen LogP contribution is -2.16. The molecule has 4 nitrogen and oxygen atoms in total. The van der Waals surface area contributed by atoms with E-state index in [1.165, 1.54) is 24.3 Å². The molecule has 3 aromatic rings. The highest BCUT2D eigenvalue weighted by molar-refractivity contribution is 9.10. The molecular weight excluding hydrogens is 459 g/mol. The molecule has 3 aromatic carbocycles. The Balaban J connectivity index is 1.84. The first-order chi connectivity index (χ1) is 13.9. The summed E-state index contributed by atoms with van der Waals surface area (Å²) in [4.78, 5) is 12.4. The van der Waals surface area contributed by atoms with Crippen molar-refractivity contribution < 1.29 is 13.9 Å². The molecule has 1 N–H and O–H groups in total. The van der Waals surface area contributed by atoms with Gasteiger partial charge in [0.1, 0.15) is 5.75 Å². The van der Waals surface area contributed by atoms with Gasteiger partial charge in [-0.25, -0.2) is 4.39 Å². The van der Waals surface area contributed by atoms with E-state index in [1.807, 2.05) is 31.2 Å². The van der Waals surface area contributed by atoms with Crippen molar-refractivity contribution in [1.82, 2.24) is 0 Å². The molecule has 0 saturated carbocycles. The molecule has 3 rings (SSSR count). The van der Waals surface area contributed by atoms with E-state index in [4.69, 9.17) is 21.6 Å². The quantitative estimate of drug-likeness (QED) is 0.467. The van der Waals surface area contributed by atoms with E-state index in [9.17, 15) is 4.79 Å². The summed E-state index contributed by atoms with van der Waals surface area (Å²) in [5.41, 5.74) is 2.06. The van der Waals surface area contributed by atoms with Crippen molar-refractivity contribution in [2.45, 2.75) is 13.3 Å². The number of rotatable bonds is 5. The molecule has 0 saturated heterocycles. The van der Waals surface area contributed by atoms with Crippen molar-refractivity contribution in [2.75, 3.05) is 5.32 Å². The molecule has 146 valence electrons. The first-order valence-electron chi connectivity index (χ1n) is 8.58. The molecule has 0 aliphatic heterocycles. The average molecular weight is 474 g/mol. The van der Waals surface area contributed by atoms with Gasteiger partial charge in [0, 0.05) is 16.3 Å². The molecule has 0 spiro atoms. The second-order valence-electron chi connectivity index (χ2n) is 6.28. The van der Waals surface area contributed by atoms with Gasteiger partial charge in [-0.3, -0.25) is 4.79 Å². The average Bonchev–Trinajstić information content (AvgIpc) is 2.68. The van der Waals surface area contributed by atoms with E-state index in [2.05, 4.69) is 21.2 Å². The Bertz CT molecular complexity index is 1130. The maximum Gasteiger partial charge on any atom is 0.228 e. The third-order valence-corrected chi connectivity index (χ3v) is 4.96. The molecule has 0 heterocycles. The van der Waals surface area contributed by atoms with E-state index >= 15 is 4.39 Å². The lowest BCUT2D eigenvalue weighted by molar-refractivity contribution is -0.115. The summed E-state index contributed by atoms with van der Waals surface area (Å²) >= 11 is 9.23. The molecule has 0 atom stereocenters. The molecule has 0 unspecified atom stereocenters. The predicted molar refractivity (Wildman–Crippen MR) is 114 cm³/mol. The fourth-order valence-corrected chi connectivity index (χ4v) is 3.30. The zero-order valence-corrected chi connectivity index (χ0v) is 17.6. The largest absolute Gasteiger partial charge is 0.453 e. The zero-order chi connectivity index (χ0) is 21.0. The second-order valence-corrected chi connectivity index (χ2v) is 7.57. The molecule has 0 aliphatic carbocycles. The highest BCUT2D eigenvalue weighted by Crippen LogP contribution is 2.35. The number of benzene rings is 3. The molecule has 0 radical (unpaired) electrons. The van der Waals surface area contributed by atoms with Gasteiger partial charge in [-0.05, 0) is 58.7 Å². The van der Waals surface area contributed by atoms with E-state index in [1.54, 1.807) is 12.1 Å². The lowest BCUT2D eigenvalue weighted by atomic mass is 10.1.